The first-order valence-corrected chi connectivity index (χ1v) is 13.2. The van der Waals surface area contributed by atoms with Crippen LogP contribution in [-0.2, 0) is 11.3 Å². The lowest BCUT2D eigenvalue weighted by Gasteiger charge is -2.13. The first kappa shape index (κ1) is 24.0. The number of amides is 1. The Hall–Kier alpha value is -4.39. The number of rotatable bonds is 7. The number of carbonyl (C=O) groups excluding carboxylic acids is 1. The molecule has 0 aliphatic carbocycles. The smallest absolute Gasteiger partial charge is 0.292 e. The standard InChI is InChI=1S/C26H20N6O4S2/c1-35-12-10-32-21(27)15(14-16-22(32)28-19-8-2-3-9-31(19)26(16)34)24-29-20(18-7-5-13-37-18)25(38-24)30-23(33)17-6-4-11-36-17/h2-9,11,13-14,27H,10,12H2,1H3,(H,30,33). The molecule has 38 heavy (non-hydrogen) atoms. The molecular formula is C26H20N6O4S2. The highest BCUT2D eigenvalue weighted by molar-refractivity contribution is 7.20. The normalized spacial score (nSPS) is 11.4. The summed E-state index contributed by atoms with van der Waals surface area (Å²) in [6.45, 7) is 0.647. The van der Waals surface area contributed by atoms with Gasteiger partial charge in [0.2, 0.25) is 0 Å². The van der Waals surface area contributed by atoms with Crippen molar-refractivity contribution < 1.29 is 13.9 Å². The first-order chi connectivity index (χ1) is 18.5. The molecule has 0 aliphatic rings. The third kappa shape index (κ3) is 4.14. The predicted molar refractivity (Wildman–Crippen MR) is 146 cm³/mol. The number of ether oxygens (including phenoxy) is 1. The van der Waals surface area contributed by atoms with Crippen molar-refractivity contribution in [2.45, 2.75) is 6.54 Å². The van der Waals surface area contributed by atoms with E-state index in [-0.39, 0.29) is 16.8 Å². The van der Waals surface area contributed by atoms with Crippen LogP contribution in [0.4, 0.5) is 5.00 Å². The van der Waals surface area contributed by atoms with Crippen molar-refractivity contribution in [1.82, 2.24) is 18.9 Å². The maximum absolute atomic E-state index is 13.5. The molecule has 0 aliphatic heterocycles. The van der Waals surface area contributed by atoms with Gasteiger partial charge in [0.05, 0.1) is 28.7 Å². The van der Waals surface area contributed by atoms with Crippen molar-refractivity contribution in [3.05, 3.63) is 88.0 Å². The van der Waals surface area contributed by atoms with Gasteiger partial charge in [0, 0.05) is 19.9 Å². The van der Waals surface area contributed by atoms with Gasteiger partial charge in [-0.2, -0.15) is 0 Å². The number of hydrogen-bond donors (Lipinski definition) is 2. The van der Waals surface area contributed by atoms with Crippen molar-refractivity contribution in [1.29, 1.82) is 5.41 Å². The summed E-state index contributed by atoms with van der Waals surface area (Å²) < 4.78 is 13.7. The second-order valence-electron chi connectivity index (χ2n) is 8.24. The van der Waals surface area contributed by atoms with Gasteiger partial charge in [0.15, 0.2) is 5.76 Å². The zero-order valence-electron chi connectivity index (χ0n) is 20.0. The minimum Gasteiger partial charge on any atom is -0.459 e. The fraction of sp³-hybridized carbons (Fsp3) is 0.115. The molecule has 10 nitrogen and oxygen atoms in total. The molecule has 0 radical (unpaired) electrons. The van der Waals surface area contributed by atoms with Crippen molar-refractivity contribution in [3.8, 4) is 21.1 Å². The lowest BCUT2D eigenvalue weighted by molar-refractivity contribution is 0.0997. The molecule has 1 amide bonds. The zero-order valence-corrected chi connectivity index (χ0v) is 21.6. The second-order valence-corrected chi connectivity index (χ2v) is 10.2. The molecule has 0 fully saturated rings. The Bertz CT molecular complexity index is 1900. The number of thiazole rings is 1. The minimum atomic E-state index is -0.406. The molecule has 2 N–H and O–H groups in total. The number of anilines is 1. The summed E-state index contributed by atoms with van der Waals surface area (Å²) in [7, 11) is 1.58. The van der Waals surface area contributed by atoms with E-state index in [4.69, 9.17) is 19.5 Å². The number of nitrogens with zero attached hydrogens (tertiary/aromatic N) is 4. The van der Waals surface area contributed by atoms with Crippen molar-refractivity contribution >= 4 is 50.3 Å². The number of methoxy groups -OCH3 is 1. The van der Waals surface area contributed by atoms with Crippen molar-refractivity contribution in [2.75, 3.05) is 19.0 Å². The van der Waals surface area contributed by atoms with E-state index in [2.05, 4.69) is 10.3 Å². The van der Waals surface area contributed by atoms with Crippen LogP contribution in [0.25, 0.3) is 37.8 Å². The number of pyridine rings is 2. The van der Waals surface area contributed by atoms with E-state index in [9.17, 15) is 9.59 Å². The Morgan fingerprint density at radius 3 is 2.84 bits per heavy atom. The molecule has 12 heteroatoms. The largest absolute Gasteiger partial charge is 0.459 e. The number of nitrogens with one attached hydrogen (secondary N) is 2. The van der Waals surface area contributed by atoms with E-state index < -0.39 is 5.91 Å². The van der Waals surface area contributed by atoms with Crippen LogP contribution in [0.3, 0.4) is 0 Å². The van der Waals surface area contributed by atoms with Gasteiger partial charge in [-0.15, -0.1) is 11.3 Å². The average molecular weight is 545 g/mol. The topological polar surface area (TPSA) is 128 Å². The van der Waals surface area contributed by atoms with Crippen LogP contribution in [0.2, 0.25) is 0 Å². The summed E-state index contributed by atoms with van der Waals surface area (Å²) in [6.07, 6.45) is 3.10. The van der Waals surface area contributed by atoms with Gasteiger partial charge in [-0.25, -0.2) is 9.97 Å². The quantitative estimate of drug-likeness (QED) is 0.286. The van der Waals surface area contributed by atoms with E-state index in [1.807, 2.05) is 23.6 Å². The number of thiophene rings is 1. The molecule has 0 saturated heterocycles. The fourth-order valence-corrected chi connectivity index (χ4v) is 5.90. The van der Waals surface area contributed by atoms with E-state index in [1.54, 1.807) is 48.2 Å². The Kier molecular flexibility index (Phi) is 6.19. The van der Waals surface area contributed by atoms with Gasteiger partial charge in [0.25, 0.3) is 11.5 Å². The molecule has 6 aromatic heterocycles. The number of hydrogen-bond acceptors (Lipinski definition) is 9. The van der Waals surface area contributed by atoms with Gasteiger partial charge in [0.1, 0.15) is 32.5 Å². The van der Waals surface area contributed by atoms with Gasteiger partial charge < -0.3 is 19.0 Å². The summed E-state index contributed by atoms with van der Waals surface area (Å²) in [5, 5.41) is 15.2. The maximum atomic E-state index is 13.5. The van der Waals surface area contributed by atoms with Gasteiger partial charge in [-0.1, -0.05) is 23.5 Å². The summed E-state index contributed by atoms with van der Waals surface area (Å²) in [4.78, 5) is 36.6. The number of furan rings is 1. The number of aromatic nitrogens is 4. The molecule has 6 aromatic rings. The van der Waals surface area contributed by atoms with E-state index in [0.717, 1.165) is 4.88 Å². The van der Waals surface area contributed by atoms with Crippen LogP contribution >= 0.6 is 22.7 Å². The van der Waals surface area contributed by atoms with Gasteiger partial charge in [-0.3, -0.25) is 19.4 Å². The highest BCUT2D eigenvalue weighted by Crippen LogP contribution is 2.39. The molecule has 0 unspecified atom stereocenters. The molecule has 190 valence electrons. The molecule has 6 heterocycles. The Balaban J connectivity index is 1.57. The summed E-state index contributed by atoms with van der Waals surface area (Å²) >= 11 is 2.71. The van der Waals surface area contributed by atoms with Crippen molar-refractivity contribution in [2.24, 2.45) is 0 Å². The summed E-state index contributed by atoms with van der Waals surface area (Å²) in [5.74, 6) is -0.232. The minimum absolute atomic E-state index is 0.136. The van der Waals surface area contributed by atoms with Crippen LogP contribution < -0.4 is 16.4 Å². The highest BCUT2D eigenvalue weighted by Gasteiger charge is 2.22. The van der Waals surface area contributed by atoms with Crippen LogP contribution in [0, 0.1) is 5.41 Å². The van der Waals surface area contributed by atoms with Gasteiger partial charge in [-0.05, 0) is 41.8 Å². The Morgan fingerprint density at radius 2 is 2.08 bits per heavy atom. The molecule has 0 spiro atoms. The van der Waals surface area contributed by atoms with Crippen LogP contribution in [0.1, 0.15) is 10.6 Å². The Labute approximate surface area is 222 Å². The molecule has 0 bridgehead atoms. The number of fused-ring (bicyclic) bond motifs is 2. The summed E-state index contributed by atoms with van der Waals surface area (Å²) in [6, 6.07) is 14.0. The SMILES string of the molecule is COCCn1c(=N)c(-c2nc(-c3cccs3)c(NC(=O)c3ccco3)s2)cc2c(=O)n3ccccc3nc21. The molecule has 0 saturated carbocycles. The van der Waals surface area contributed by atoms with Gasteiger partial charge >= 0.3 is 0 Å². The second kappa shape index (κ2) is 9.82. The predicted octanol–water partition coefficient (Wildman–Crippen LogP) is 4.47. The van der Waals surface area contributed by atoms with Crippen LogP contribution in [0.5, 0.6) is 0 Å². The molecule has 0 aromatic carbocycles. The molecular weight excluding hydrogens is 524 g/mol. The highest BCUT2D eigenvalue weighted by atomic mass is 32.1. The van der Waals surface area contributed by atoms with E-state index in [1.165, 1.54) is 33.3 Å². The lowest BCUT2D eigenvalue weighted by atomic mass is 10.2. The lowest BCUT2D eigenvalue weighted by Crippen LogP contribution is -2.28. The average Bonchev–Trinajstić information content (AvgIpc) is 3.71. The van der Waals surface area contributed by atoms with Crippen LogP contribution in [0.15, 0.2) is 75.6 Å². The zero-order chi connectivity index (χ0) is 26.2. The van der Waals surface area contributed by atoms with E-state index in [0.29, 0.717) is 51.1 Å². The monoisotopic (exact) mass is 544 g/mol. The fourth-order valence-electron chi connectivity index (χ4n) is 4.12. The maximum Gasteiger partial charge on any atom is 0.292 e. The summed E-state index contributed by atoms with van der Waals surface area (Å²) in [5.41, 5.74) is 1.80. The van der Waals surface area contributed by atoms with E-state index >= 15 is 0 Å². The molecule has 0 atom stereocenters. The molecule has 6 rings (SSSR count). The van der Waals surface area contributed by atoms with Crippen LogP contribution in [-0.4, -0.2) is 38.6 Å². The first-order valence-electron chi connectivity index (χ1n) is 11.5. The number of carbonyl (C=O) groups is 1. The Morgan fingerprint density at radius 1 is 1.18 bits per heavy atom. The third-order valence-electron chi connectivity index (χ3n) is 5.92. The van der Waals surface area contributed by atoms with Crippen molar-refractivity contribution in [3.63, 3.8) is 0 Å². The third-order valence-corrected chi connectivity index (χ3v) is 7.80.